The van der Waals surface area contributed by atoms with Crippen molar-refractivity contribution >= 4 is 11.4 Å². The second-order valence-corrected chi connectivity index (χ2v) is 3.71. The molecule has 1 aromatic heterocycles. The summed E-state index contributed by atoms with van der Waals surface area (Å²) in [6, 6.07) is 1.55. The van der Waals surface area contributed by atoms with Crippen molar-refractivity contribution < 1.29 is 10.0 Å². The third-order valence-corrected chi connectivity index (χ3v) is 2.55. The van der Waals surface area contributed by atoms with Gasteiger partial charge in [0.05, 0.1) is 17.1 Å². The van der Waals surface area contributed by atoms with Crippen LogP contribution >= 0.6 is 0 Å². The van der Waals surface area contributed by atoms with Gasteiger partial charge in [-0.1, -0.05) is 0 Å². The van der Waals surface area contributed by atoms with Crippen LogP contribution < -0.4 is 5.32 Å². The zero-order chi connectivity index (χ0) is 10.9. The van der Waals surface area contributed by atoms with Crippen molar-refractivity contribution in [2.24, 2.45) is 0 Å². The number of aliphatic hydroxyl groups is 1. The molecule has 6 heteroatoms. The van der Waals surface area contributed by atoms with Gasteiger partial charge in [-0.05, 0) is 18.9 Å². The second-order valence-electron chi connectivity index (χ2n) is 3.71. The normalized spacial score (nSPS) is 17.1. The number of anilines is 1. The van der Waals surface area contributed by atoms with Crippen LogP contribution in [0.5, 0.6) is 0 Å². The Labute approximate surface area is 86.1 Å². The molecule has 0 saturated heterocycles. The first-order valence-electron chi connectivity index (χ1n) is 4.64. The highest BCUT2D eigenvalue weighted by molar-refractivity contribution is 5.61. The van der Waals surface area contributed by atoms with Gasteiger partial charge in [-0.3, -0.25) is 15.1 Å². The Morgan fingerprint density at radius 2 is 2.40 bits per heavy atom. The van der Waals surface area contributed by atoms with Gasteiger partial charge in [0.1, 0.15) is 11.9 Å². The number of pyridine rings is 1. The fourth-order valence-electron chi connectivity index (χ4n) is 1.40. The molecule has 0 aliphatic heterocycles. The molecular weight excluding hydrogens is 198 g/mol. The smallest absolute Gasteiger partial charge is 0.310 e. The van der Waals surface area contributed by atoms with Crippen molar-refractivity contribution in [3.8, 4) is 0 Å². The number of nitrogens with one attached hydrogen (secondary N) is 1. The molecule has 0 unspecified atom stereocenters. The molecule has 1 saturated carbocycles. The van der Waals surface area contributed by atoms with Crippen molar-refractivity contribution in [3.05, 3.63) is 28.6 Å². The molecule has 1 aliphatic rings. The number of nitro groups is 1. The Kier molecular flexibility index (Phi) is 2.28. The number of nitrogens with zero attached hydrogens (tertiary/aromatic N) is 2. The molecule has 1 aliphatic carbocycles. The van der Waals surface area contributed by atoms with Gasteiger partial charge in [0, 0.05) is 6.20 Å². The van der Waals surface area contributed by atoms with Gasteiger partial charge in [-0.15, -0.1) is 0 Å². The number of aliphatic hydroxyl groups excluding tert-OH is 1. The monoisotopic (exact) mass is 209 g/mol. The van der Waals surface area contributed by atoms with E-state index in [4.69, 9.17) is 5.11 Å². The summed E-state index contributed by atoms with van der Waals surface area (Å²) in [5.74, 6) is 0. The first kappa shape index (κ1) is 9.85. The largest absolute Gasteiger partial charge is 0.394 e. The zero-order valence-corrected chi connectivity index (χ0v) is 8.01. The third-order valence-electron chi connectivity index (χ3n) is 2.55. The first-order valence-corrected chi connectivity index (χ1v) is 4.64. The lowest BCUT2D eigenvalue weighted by Gasteiger charge is -2.15. The molecule has 2 N–H and O–H groups in total. The van der Waals surface area contributed by atoms with Crippen molar-refractivity contribution in [2.75, 3.05) is 11.9 Å². The minimum atomic E-state index is -0.483. The standard InChI is InChI=1S/C9H11N3O3/c13-6-9(2-3-9)11-7-1-4-10-5-8(7)12(14)15/h1,4-5,13H,2-3,6H2,(H,10,11). The van der Waals surface area contributed by atoms with Crippen LogP contribution in [0, 0.1) is 10.1 Å². The van der Waals surface area contributed by atoms with E-state index in [1.54, 1.807) is 6.07 Å². The molecular formula is C9H11N3O3. The maximum atomic E-state index is 10.7. The van der Waals surface area contributed by atoms with Gasteiger partial charge in [-0.2, -0.15) is 0 Å². The Morgan fingerprint density at radius 1 is 1.67 bits per heavy atom. The van der Waals surface area contributed by atoms with E-state index in [-0.39, 0.29) is 17.8 Å². The van der Waals surface area contributed by atoms with Crippen molar-refractivity contribution in [2.45, 2.75) is 18.4 Å². The third kappa shape index (κ3) is 1.89. The summed E-state index contributed by atoms with van der Waals surface area (Å²) in [7, 11) is 0. The highest BCUT2D eigenvalue weighted by atomic mass is 16.6. The van der Waals surface area contributed by atoms with Crippen LogP contribution in [0.1, 0.15) is 12.8 Å². The number of rotatable bonds is 4. The fraction of sp³-hybridized carbons (Fsp3) is 0.444. The van der Waals surface area contributed by atoms with Gasteiger partial charge < -0.3 is 10.4 Å². The lowest BCUT2D eigenvalue weighted by molar-refractivity contribution is -0.384. The molecule has 0 radical (unpaired) electrons. The summed E-state index contributed by atoms with van der Waals surface area (Å²) in [6.07, 6.45) is 4.37. The van der Waals surface area contributed by atoms with Crippen LogP contribution in [0.2, 0.25) is 0 Å². The van der Waals surface area contributed by atoms with Gasteiger partial charge >= 0.3 is 5.69 Å². The Bertz CT molecular complexity index is 390. The van der Waals surface area contributed by atoms with E-state index < -0.39 is 4.92 Å². The Hall–Kier alpha value is -1.69. The summed E-state index contributed by atoms with van der Waals surface area (Å²) in [5, 5.41) is 22.8. The average molecular weight is 209 g/mol. The lowest BCUT2D eigenvalue weighted by atomic mass is 10.2. The van der Waals surface area contributed by atoms with Crippen molar-refractivity contribution in [1.82, 2.24) is 4.98 Å². The van der Waals surface area contributed by atoms with Crippen LogP contribution in [0.3, 0.4) is 0 Å². The highest BCUT2D eigenvalue weighted by Gasteiger charge is 2.43. The van der Waals surface area contributed by atoms with Crippen LogP contribution in [0.15, 0.2) is 18.5 Å². The molecule has 15 heavy (non-hydrogen) atoms. The number of aromatic nitrogens is 1. The molecule has 6 nitrogen and oxygen atoms in total. The molecule has 1 heterocycles. The summed E-state index contributed by atoms with van der Waals surface area (Å²) in [4.78, 5) is 13.9. The fourth-order valence-corrected chi connectivity index (χ4v) is 1.40. The summed E-state index contributed by atoms with van der Waals surface area (Å²) >= 11 is 0. The highest BCUT2D eigenvalue weighted by Crippen LogP contribution is 2.40. The van der Waals surface area contributed by atoms with Gasteiger partial charge in [0.2, 0.25) is 0 Å². The Balaban J connectivity index is 2.24. The van der Waals surface area contributed by atoms with Crippen LogP contribution in [-0.4, -0.2) is 27.2 Å². The maximum absolute atomic E-state index is 10.7. The average Bonchev–Trinajstić information content (AvgIpc) is 2.99. The van der Waals surface area contributed by atoms with Crippen LogP contribution in [-0.2, 0) is 0 Å². The summed E-state index contributed by atoms with van der Waals surface area (Å²) < 4.78 is 0. The summed E-state index contributed by atoms with van der Waals surface area (Å²) in [5.41, 5.74) is 0.00493. The van der Waals surface area contributed by atoms with E-state index in [9.17, 15) is 10.1 Å². The lowest BCUT2D eigenvalue weighted by Crippen LogP contribution is -2.26. The number of hydrogen-bond acceptors (Lipinski definition) is 5. The Morgan fingerprint density at radius 3 is 2.93 bits per heavy atom. The molecule has 80 valence electrons. The quantitative estimate of drug-likeness (QED) is 0.568. The molecule has 0 amide bonds. The SMILES string of the molecule is O=[N+]([O-])c1cnccc1NC1(CO)CC1. The minimum Gasteiger partial charge on any atom is -0.394 e. The van der Waals surface area contributed by atoms with Crippen molar-refractivity contribution in [3.63, 3.8) is 0 Å². The molecule has 0 bridgehead atoms. The van der Waals surface area contributed by atoms with Gasteiger partial charge in [0.15, 0.2) is 0 Å². The summed E-state index contributed by atoms with van der Waals surface area (Å²) in [6.45, 7) is -0.00746. The molecule has 1 aromatic rings. The number of hydrogen-bond donors (Lipinski definition) is 2. The topological polar surface area (TPSA) is 88.3 Å². The van der Waals surface area contributed by atoms with E-state index in [0.717, 1.165) is 12.8 Å². The molecule has 0 atom stereocenters. The van der Waals surface area contributed by atoms with E-state index in [2.05, 4.69) is 10.3 Å². The van der Waals surface area contributed by atoms with Crippen LogP contribution in [0.4, 0.5) is 11.4 Å². The zero-order valence-electron chi connectivity index (χ0n) is 8.01. The molecule has 1 fully saturated rings. The van der Waals surface area contributed by atoms with E-state index in [1.165, 1.54) is 12.4 Å². The minimum absolute atomic E-state index is 0.00746. The van der Waals surface area contributed by atoms with Gasteiger partial charge in [0.25, 0.3) is 0 Å². The van der Waals surface area contributed by atoms with E-state index in [0.29, 0.717) is 5.69 Å². The predicted molar refractivity (Wildman–Crippen MR) is 53.6 cm³/mol. The molecule has 0 spiro atoms. The predicted octanol–water partition coefficient (Wildman–Crippen LogP) is 0.927. The second kappa shape index (κ2) is 3.47. The van der Waals surface area contributed by atoms with E-state index in [1.807, 2.05) is 0 Å². The van der Waals surface area contributed by atoms with Crippen molar-refractivity contribution in [1.29, 1.82) is 0 Å². The van der Waals surface area contributed by atoms with Crippen LogP contribution in [0.25, 0.3) is 0 Å². The maximum Gasteiger partial charge on any atom is 0.310 e. The first-order chi connectivity index (χ1) is 7.17. The van der Waals surface area contributed by atoms with E-state index >= 15 is 0 Å². The molecule has 2 rings (SSSR count). The molecule has 0 aromatic carbocycles. The van der Waals surface area contributed by atoms with Gasteiger partial charge in [-0.25, -0.2) is 0 Å².